The summed E-state index contributed by atoms with van der Waals surface area (Å²) in [4.78, 5) is 19.0. The van der Waals surface area contributed by atoms with Gasteiger partial charge in [0, 0.05) is 35.8 Å². The Kier molecular flexibility index (Phi) is 5.68. The van der Waals surface area contributed by atoms with E-state index in [0.717, 1.165) is 43.0 Å². The smallest absolute Gasteiger partial charge is 0.223 e. The Morgan fingerprint density at radius 2 is 1.84 bits per heavy atom. The first-order chi connectivity index (χ1) is 15.7. The summed E-state index contributed by atoms with van der Waals surface area (Å²) in [6.45, 7) is 1.98. The summed E-state index contributed by atoms with van der Waals surface area (Å²) in [6, 6.07) is 17.0. The second-order valence-electron chi connectivity index (χ2n) is 7.79. The predicted molar refractivity (Wildman–Crippen MR) is 122 cm³/mol. The number of halogens is 1. The third-order valence-electron chi connectivity index (χ3n) is 5.71. The zero-order valence-electron chi connectivity index (χ0n) is 17.4. The SMILES string of the molecule is O=C(NCc1ccccn1)C1CCN(c2ccc3nnc(-c4ccc(Cl)cc4)n3n2)CC1. The fourth-order valence-electron chi connectivity index (χ4n) is 3.92. The van der Waals surface area contributed by atoms with Gasteiger partial charge in [0.2, 0.25) is 5.91 Å². The van der Waals surface area contributed by atoms with Gasteiger partial charge in [-0.15, -0.1) is 15.3 Å². The lowest BCUT2D eigenvalue weighted by molar-refractivity contribution is -0.125. The topological polar surface area (TPSA) is 88.3 Å². The maximum atomic E-state index is 12.6. The van der Waals surface area contributed by atoms with E-state index in [4.69, 9.17) is 16.7 Å². The van der Waals surface area contributed by atoms with Crippen molar-refractivity contribution in [2.24, 2.45) is 5.92 Å². The van der Waals surface area contributed by atoms with E-state index >= 15 is 0 Å². The second-order valence-corrected chi connectivity index (χ2v) is 8.23. The number of hydrogen-bond acceptors (Lipinski definition) is 6. The molecular formula is C23H22ClN7O. The van der Waals surface area contributed by atoms with Crippen LogP contribution in [0.4, 0.5) is 5.82 Å². The number of anilines is 1. The van der Waals surface area contributed by atoms with Gasteiger partial charge in [0.05, 0.1) is 12.2 Å². The molecule has 9 heteroatoms. The lowest BCUT2D eigenvalue weighted by Crippen LogP contribution is -2.40. The Balaban J connectivity index is 1.25. The van der Waals surface area contributed by atoms with Crippen LogP contribution in [0.5, 0.6) is 0 Å². The summed E-state index contributed by atoms with van der Waals surface area (Å²) < 4.78 is 1.75. The predicted octanol–water partition coefficient (Wildman–Crippen LogP) is 3.37. The molecule has 0 spiro atoms. The highest BCUT2D eigenvalue weighted by Crippen LogP contribution is 2.24. The molecule has 4 aromatic rings. The van der Waals surface area contributed by atoms with Gasteiger partial charge >= 0.3 is 0 Å². The van der Waals surface area contributed by atoms with Gasteiger partial charge in [-0.25, -0.2) is 0 Å². The van der Waals surface area contributed by atoms with Gasteiger partial charge in [0.15, 0.2) is 11.5 Å². The molecule has 3 aromatic heterocycles. The van der Waals surface area contributed by atoms with Gasteiger partial charge in [0.25, 0.3) is 0 Å². The molecule has 0 saturated carbocycles. The Hall–Kier alpha value is -3.52. The van der Waals surface area contributed by atoms with Crippen LogP contribution < -0.4 is 10.2 Å². The summed E-state index contributed by atoms with van der Waals surface area (Å²) in [7, 11) is 0. The number of hydrogen-bond donors (Lipinski definition) is 1. The number of rotatable bonds is 5. The van der Waals surface area contributed by atoms with Gasteiger partial charge < -0.3 is 10.2 Å². The van der Waals surface area contributed by atoms with Crippen molar-refractivity contribution in [2.45, 2.75) is 19.4 Å². The van der Waals surface area contributed by atoms with Crippen LogP contribution in [0.1, 0.15) is 18.5 Å². The Morgan fingerprint density at radius 3 is 2.59 bits per heavy atom. The van der Waals surface area contributed by atoms with E-state index in [0.29, 0.717) is 23.0 Å². The normalized spacial score (nSPS) is 14.6. The maximum absolute atomic E-state index is 12.6. The van der Waals surface area contributed by atoms with E-state index < -0.39 is 0 Å². The molecule has 162 valence electrons. The number of fused-ring (bicyclic) bond motifs is 1. The van der Waals surface area contributed by atoms with E-state index in [-0.39, 0.29) is 11.8 Å². The number of carbonyl (C=O) groups excluding carboxylic acids is 1. The molecule has 1 aliphatic rings. The van der Waals surface area contributed by atoms with Crippen LogP contribution in [0, 0.1) is 5.92 Å². The summed E-state index contributed by atoms with van der Waals surface area (Å²) in [5, 5.41) is 17.0. The third-order valence-corrected chi connectivity index (χ3v) is 5.96. The highest BCUT2D eigenvalue weighted by Gasteiger charge is 2.26. The van der Waals surface area contributed by atoms with Crippen molar-refractivity contribution in [3.8, 4) is 11.4 Å². The van der Waals surface area contributed by atoms with E-state index in [1.165, 1.54) is 0 Å². The molecule has 8 nitrogen and oxygen atoms in total. The van der Waals surface area contributed by atoms with Gasteiger partial charge in [0.1, 0.15) is 5.82 Å². The molecule has 1 saturated heterocycles. The van der Waals surface area contributed by atoms with Crippen molar-refractivity contribution in [3.05, 3.63) is 71.5 Å². The molecule has 5 rings (SSSR count). The summed E-state index contributed by atoms with van der Waals surface area (Å²) in [5.41, 5.74) is 2.44. The number of nitrogens with zero attached hydrogens (tertiary/aromatic N) is 6. The van der Waals surface area contributed by atoms with Crippen molar-refractivity contribution in [3.63, 3.8) is 0 Å². The van der Waals surface area contributed by atoms with Crippen LogP contribution >= 0.6 is 11.6 Å². The van der Waals surface area contributed by atoms with Gasteiger partial charge in [-0.1, -0.05) is 17.7 Å². The molecule has 1 aliphatic heterocycles. The van der Waals surface area contributed by atoms with Crippen molar-refractivity contribution >= 4 is 29.0 Å². The first-order valence-electron chi connectivity index (χ1n) is 10.6. The third kappa shape index (κ3) is 4.27. The first kappa shape index (κ1) is 20.4. The fraction of sp³-hybridized carbons (Fsp3) is 0.261. The minimum absolute atomic E-state index is 0.00164. The molecule has 0 radical (unpaired) electrons. The number of piperidine rings is 1. The largest absolute Gasteiger partial charge is 0.355 e. The lowest BCUT2D eigenvalue weighted by Gasteiger charge is -2.32. The van der Waals surface area contributed by atoms with Crippen molar-refractivity contribution in [2.75, 3.05) is 18.0 Å². The number of pyridine rings is 1. The molecule has 1 fully saturated rings. The van der Waals surface area contributed by atoms with Crippen LogP contribution in [0.25, 0.3) is 17.0 Å². The number of nitrogens with one attached hydrogen (secondary N) is 1. The van der Waals surface area contributed by atoms with Gasteiger partial charge in [-0.05, 0) is 61.4 Å². The second kappa shape index (κ2) is 8.92. The molecule has 0 bridgehead atoms. The number of amides is 1. The Labute approximate surface area is 190 Å². The van der Waals surface area contributed by atoms with Crippen LogP contribution in [-0.2, 0) is 11.3 Å². The lowest BCUT2D eigenvalue weighted by atomic mass is 9.96. The van der Waals surface area contributed by atoms with Crippen LogP contribution in [0.2, 0.25) is 5.02 Å². The summed E-state index contributed by atoms with van der Waals surface area (Å²) >= 11 is 6.01. The van der Waals surface area contributed by atoms with E-state index in [2.05, 4.69) is 25.4 Å². The van der Waals surface area contributed by atoms with Crippen molar-refractivity contribution < 1.29 is 4.79 Å². The monoisotopic (exact) mass is 447 g/mol. The quantitative estimate of drug-likeness (QED) is 0.504. The Morgan fingerprint density at radius 1 is 1.03 bits per heavy atom. The van der Waals surface area contributed by atoms with Gasteiger partial charge in [-0.2, -0.15) is 4.52 Å². The molecule has 1 N–H and O–H groups in total. The zero-order chi connectivity index (χ0) is 21.9. The molecule has 0 aliphatic carbocycles. The van der Waals surface area contributed by atoms with Gasteiger partial charge in [-0.3, -0.25) is 9.78 Å². The molecular weight excluding hydrogens is 426 g/mol. The van der Waals surface area contributed by atoms with E-state index in [1.54, 1.807) is 10.7 Å². The highest BCUT2D eigenvalue weighted by atomic mass is 35.5. The fourth-order valence-corrected chi connectivity index (χ4v) is 4.05. The standard InChI is InChI=1S/C23H22ClN7O/c24-18-6-4-16(5-7-18)22-28-27-20-8-9-21(29-31(20)22)30-13-10-17(11-14-30)23(32)26-15-19-3-1-2-12-25-19/h1-9,12,17H,10-11,13-15H2,(H,26,32). The average Bonchev–Trinajstić information content (AvgIpc) is 3.27. The molecule has 32 heavy (non-hydrogen) atoms. The van der Waals surface area contributed by atoms with Crippen LogP contribution in [0.15, 0.2) is 60.8 Å². The minimum Gasteiger partial charge on any atom is -0.355 e. The van der Waals surface area contributed by atoms with Crippen molar-refractivity contribution in [1.82, 2.24) is 30.1 Å². The molecule has 0 atom stereocenters. The maximum Gasteiger partial charge on any atom is 0.223 e. The number of aromatic nitrogens is 5. The highest BCUT2D eigenvalue weighted by molar-refractivity contribution is 6.30. The number of benzene rings is 1. The van der Waals surface area contributed by atoms with Crippen LogP contribution in [0.3, 0.4) is 0 Å². The first-order valence-corrected chi connectivity index (χ1v) is 11.0. The molecule has 1 amide bonds. The minimum atomic E-state index is -0.00164. The number of carbonyl (C=O) groups is 1. The zero-order valence-corrected chi connectivity index (χ0v) is 18.1. The van der Waals surface area contributed by atoms with Crippen molar-refractivity contribution in [1.29, 1.82) is 0 Å². The molecule has 1 aromatic carbocycles. The van der Waals surface area contributed by atoms with E-state index in [1.807, 2.05) is 54.6 Å². The Bertz CT molecular complexity index is 1220. The van der Waals surface area contributed by atoms with E-state index in [9.17, 15) is 4.79 Å². The average molecular weight is 448 g/mol. The molecule has 0 unspecified atom stereocenters. The van der Waals surface area contributed by atoms with Crippen LogP contribution in [-0.4, -0.2) is 43.8 Å². The summed E-state index contributed by atoms with van der Waals surface area (Å²) in [5.74, 6) is 1.60. The molecule has 4 heterocycles. The summed E-state index contributed by atoms with van der Waals surface area (Å²) in [6.07, 6.45) is 3.29.